The summed E-state index contributed by atoms with van der Waals surface area (Å²) in [5, 5.41) is 4.84. The highest BCUT2D eigenvalue weighted by Crippen LogP contribution is 2.32. The fraction of sp³-hybridized carbons (Fsp3) is 0.0909. The Labute approximate surface area is 193 Å². The molecule has 4 aromatic rings. The van der Waals surface area contributed by atoms with Crippen LogP contribution in [-0.2, 0) is 6.42 Å². The van der Waals surface area contributed by atoms with Crippen molar-refractivity contribution in [2.75, 3.05) is 0 Å². The minimum absolute atomic E-state index is 0.0703. The molecule has 0 unspecified atom stereocenters. The summed E-state index contributed by atoms with van der Waals surface area (Å²) in [4.78, 5) is 29.9. The van der Waals surface area contributed by atoms with E-state index in [4.69, 9.17) is 9.15 Å². The number of para-hydroxylation sites is 1. The van der Waals surface area contributed by atoms with Crippen molar-refractivity contribution >= 4 is 54.9 Å². The third-order valence-corrected chi connectivity index (χ3v) is 5.45. The van der Waals surface area contributed by atoms with E-state index in [1.54, 1.807) is 36.4 Å². The van der Waals surface area contributed by atoms with Crippen molar-refractivity contribution in [2.45, 2.75) is 13.3 Å². The smallest absolute Gasteiger partial charge is 0.379 e. The quantitative estimate of drug-likeness (QED) is 0.196. The normalized spacial score (nSPS) is 11.3. The first-order valence-electron chi connectivity index (χ1n) is 9.27. The van der Waals surface area contributed by atoms with E-state index in [0.717, 1.165) is 4.47 Å². The monoisotopic (exact) mass is 543 g/mol. The van der Waals surface area contributed by atoms with Crippen molar-refractivity contribution in [1.82, 2.24) is 9.66 Å². The summed E-state index contributed by atoms with van der Waals surface area (Å²) in [6.07, 6.45) is 3.36. The van der Waals surface area contributed by atoms with E-state index in [1.165, 1.54) is 23.2 Å². The molecule has 31 heavy (non-hydrogen) atoms. The number of ether oxygens (including phenoxy) is 1. The van der Waals surface area contributed by atoms with Gasteiger partial charge in [-0.15, -0.1) is 0 Å². The number of carbonyl (C=O) groups excluding carboxylic acids is 1. The fourth-order valence-corrected chi connectivity index (χ4v) is 4.30. The van der Waals surface area contributed by atoms with Crippen LogP contribution in [0, 0.1) is 0 Å². The molecular formula is C22H15Br2N3O4. The van der Waals surface area contributed by atoms with Crippen LogP contribution in [0.15, 0.2) is 78.1 Å². The van der Waals surface area contributed by atoms with Crippen LogP contribution in [0.5, 0.6) is 5.75 Å². The number of furan rings is 1. The molecule has 0 aliphatic carbocycles. The Morgan fingerprint density at radius 3 is 2.77 bits per heavy atom. The topological polar surface area (TPSA) is 86.7 Å². The lowest BCUT2D eigenvalue weighted by Crippen LogP contribution is -2.22. The van der Waals surface area contributed by atoms with Gasteiger partial charge in [0.15, 0.2) is 5.75 Å². The number of hydrogen-bond acceptors (Lipinski definition) is 6. The van der Waals surface area contributed by atoms with Crippen molar-refractivity contribution in [3.05, 3.63) is 91.2 Å². The summed E-state index contributed by atoms with van der Waals surface area (Å²) in [5.74, 6) is 0.179. The van der Waals surface area contributed by atoms with E-state index in [-0.39, 0.29) is 17.1 Å². The predicted molar refractivity (Wildman–Crippen MR) is 124 cm³/mol. The van der Waals surface area contributed by atoms with Crippen LogP contribution in [0.3, 0.4) is 0 Å². The predicted octanol–water partition coefficient (Wildman–Crippen LogP) is 5.18. The van der Waals surface area contributed by atoms with Crippen LogP contribution in [0.2, 0.25) is 0 Å². The van der Waals surface area contributed by atoms with E-state index in [0.29, 0.717) is 33.2 Å². The molecule has 0 spiro atoms. The lowest BCUT2D eigenvalue weighted by molar-refractivity contribution is 0.0700. The molecule has 2 aromatic heterocycles. The third-order valence-electron chi connectivity index (χ3n) is 4.40. The molecule has 0 N–H and O–H groups in total. The summed E-state index contributed by atoms with van der Waals surface area (Å²) in [7, 11) is 0. The molecule has 0 radical (unpaired) electrons. The Morgan fingerprint density at radius 2 is 2.03 bits per heavy atom. The number of nitrogens with zero attached hydrogens (tertiary/aromatic N) is 3. The summed E-state index contributed by atoms with van der Waals surface area (Å²) >= 11 is 6.83. The number of halogens is 2. The maximum absolute atomic E-state index is 13.0. The minimum atomic E-state index is -0.651. The van der Waals surface area contributed by atoms with Crippen molar-refractivity contribution < 1.29 is 13.9 Å². The van der Waals surface area contributed by atoms with Gasteiger partial charge in [-0.2, -0.15) is 9.78 Å². The summed E-state index contributed by atoms with van der Waals surface area (Å²) in [6, 6.07) is 13.7. The number of hydrogen-bond donors (Lipinski definition) is 0. The van der Waals surface area contributed by atoms with Crippen LogP contribution < -0.4 is 10.3 Å². The molecule has 4 rings (SSSR count). The number of carbonyl (C=O) groups is 1. The van der Waals surface area contributed by atoms with E-state index < -0.39 is 5.97 Å². The Balaban J connectivity index is 1.78. The molecule has 156 valence electrons. The molecule has 2 heterocycles. The maximum Gasteiger partial charge on any atom is 0.379 e. The average molecular weight is 545 g/mol. The fourth-order valence-electron chi connectivity index (χ4n) is 2.96. The van der Waals surface area contributed by atoms with Crippen LogP contribution in [-0.4, -0.2) is 21.8 Å². The highest BCUT2D eigenvalue weighted by atomic mass is 79.9. The molecule has 0 amide bonds. The number of benzene rings is 2. The van der Waals surface area contributed by atoms with Gasteiger partial charge < -0.3 is 9.15 Å². The van der Waals surface area contributed by atoms with Crippen LogP contribution in [0.4, 0.5) is 0 Å². The number of rotatable bonds is 5. The van der Waals surface area contributed by atoms with E-state index in [9.17, 15) is 9.59 Å². The molecule has 2 aromatic carbocycles. The molecule has 0 aliphatic rings. The SMILES string of the molecule is CCc1nc2ccccc2c(=O)n1N=Cc1cc(Br)cc(Br)c1OC(=O)c1ccco1. The third kappa shape index (κ3) is 4.38. The van der Waals surface area contributed by atoms with Gasteiger partial charge in [0, 0.05) is 16.5 Å². The molecule has 7 nitrogen and oxygen atoms in total. The highest BCUT2D eigenvalue weighted by molar-refractivity contribution is 9.11. The standard InChI is InChI=1S/C22H15Br2N3O4/c1-2-19-26-17-7-4-3-6-15(17)21(28)27(19)25-12-13-10-14(23)11-16(24)20(13)31-22(29)18-8-5-9-30-18/h3-12H,2H2,1H3. The van der Waals surface area contributed by atoms with Crippen LogP contribution in [0.25, 0.3) is 10.9 Å². The molecule has 0 aliphatic heterocycles. The Kier molecular flexibility index (Phi) is 6.15. The van der Waals surface area contributed by atoms with Crippen LogP contribution >= 0.6 is 31.9 Å². The maximum atomic E-state index is 13.0. The largest absolute Gasteiger partial charge is 0.457 e. The van der Waals surface area contributed by atoms with Crippen LogP contribution in [0.1, 0.15) is 28.9 Å². The molecular weight excluding hydrogens is 530 g/mol. The lowest BCUT2D eigenvalue weighted by atomic mass is 10.2. The minimum Gasteiger partial charge on any atom is -0.457 e. The second-order valence-electron chi connectivity index (χ2n) is 6.43. The second kappa shape index (κ2) is 8.99. The molecule has 0 bridgehead atoms. The Morgan fingerprint density at radius 1 is 1.23 bits per heavy atom. The van der Waals surface area contributed by atoms with Gasteiger partial charge in [-0.3, -0.25) is 4.79 Å². The molecule has 0 saturated carbocycles. The van der Waals surface area contributed by atoms with E-state index >= 15 is 0 Å². The van der Waals surface area contributed by atoms with Crippen molar-refractivity contribution in [3.63, 3.8) is 0 Å². The Hall–Kier alpha value is -3.04. The zero-order chi connectivity index (χ0) is 22.0. The molecule has 0 atom stereocenters. The zero-order valence-corrected chi connectivity index (χ0v) is 19.4. The van der Waals surface area contributed by atoms with Crippen molar-refractivity contribution in [3.8, 4) is 5.75 Å². The summed E-state index contributed by atoms with van der Waals surface area (Å²) in [6.45, 7) is 1.90. The van der Waals surface area contributed by atoms with Gasteiger partial charge in [-0.05, 0) is 52.3 Å². The van der Waals surface area contributed by atoms with Gasteiger partial charge in [0.2, 0.25) is 5.76 Å². The first-order chi connectivity index (χ1) is 15.0. The molecule has 0 saturated heterocycles. The average Bonchev–Trinajstić information content (AvgIpc) is 3.30. The Bertz CT molecular complexity index is 1360. The second-order valence-corrected chi connectivity index (χ2v) is 8.20. The first kappa shape index (κ1) is 21.2. The van der Waals surface area contributed by atoms with E-state index in [2.05, 4.69) is 41.9 Å². The van der Waals surface area contributed by atoms with Crippen molar-refractivity contribution in [2.24, 2.45) is 5.10 Å². The number of aromatic nitrogens is 2. The van der Waals surface area contributed by atoms with Gasteiger partial charge in [-0.1, -0.05) is 35.0 Å². The number of esters is 1. The van der Waals surface area contributed by atoms with Gasteiger partial charge in [-0.25, -0.2) is 9.78 Å². The molecule has 9 heteroatoms. The van der Waals surface area contributed by atoms with Gasteiger partial charge in [0.05, 0.1) is 27.9 Å². The molecule has 0 fully saturated rings. The lowest BCUT2D eigenvalue weighted by Gasteiger charge is -2.10. The number of fused-ring (bicyclic) bond motifs is 1. The van der Waals surface area contributed by atoms with Gasteiger partial charge in [0.1, 0.15) is 5.82 Å². The zero-order valence-electron chi connectivity index (χ0n) is 16.2. The number of aryl methyl sites for hydroxylation is 1. The van der Waals surface area contributed by atoms with Crippen molar-refractivity contribution in [1.29, 1.82) is 0 Å². The summed E-state index contributed by atoms with van der Waals surface area (Å²) < 4.78 is 13.2. The summed E-state index contributed by atoms with van der Waals surface area (Å²) in [5.41, 5.74) is 0.819. The van der Waals surface area contributed by atoms with E-state index in [1.807, 2.05) is 13.0 Å². The van der Waals surface area contributed by atoms with Gasteiger partial charge >= 0.3 is 5.97 Å². The highest BCUT2D eigenvalue weighted by Gasteiger charge is 2.17. The first-order valence-corrected chi connectivity index (χ1v) is 10.9. The van der Waals surface area contributed by atoms with Gasteiger partial charge in [0.25, 0.3) is 5.56 Å².